The predicted molar refractivity (Wildman–Crippen MR) is 216 cm³/mol. The van der Waals surface area contributed by atoms with E-state index in [9.17, 15) is 37.8 Å². The van der Waals surface area contributed by atoms with Crippen molar-refractivity contribution in [1.82, 2.24) is 19.6 Å². The van der Waals surface area contributed by atoms with Gasteiger partial charge in [-0.25, -0.2) is 4.79 Å². The van der Waals surface area contributed by atoms with E-state index in [-0.39, 0.29) is 78.5 Å². The second-order valence-corrected chi connectivity index (χ2v) is 14.8. The van der Waals surface area contributed by atoms with Crippen LogP contribution < -0.4 is 19.5 Å². The van der Waals surface area contributed by atoms with Crippen LogP contribution in [0.15, 0.2) is 47.6 Å². The fraction of sp³-hybridized carbons (Fsp3) is 0.294. The molecule has 3 aromatic carbocycles. The minimum Gasteiger partial charge on any atom is -0.494 e. The third-order valence-corrected chi connectivity index (χ3v) is 10.3. The topological polar surface area (TPSA) is 243 Å². The van der Waals surface area contributed by atoms with Gasteiger partial charge >= 0.3 is 17.7 Å². The zero-order chi connectivity index (χ0) is 43.6. The maximum Gasteiger partial charge on any atom is 0.341 e. The summed E-state index contributed by atoms with van der Waals surface area (Å²) in [6.45, 7) is 8.94. The van der Waals surface area contributed by atoms with Gasteiger partial charge in [-0.2, -0.15) is 27.3 Å². The highest BCUT2D eigenvalue weighted by Crippen LogP contribution is 2.40. The van der Waals surface area contributed by atoms with Crippen LogP contribution in [0.3, 0.4) is 0 Å². The molecule has 0 spiro atoms. The number of ether oxygens (including phenoxy) is 2. The van der Waals surface area contributed by atoms with E-state index in [1.54, 1.807) is 26.8 Å². The molecule has 5 rings (SSSR count). The van der Waals surface area contributed by atoms with Crippen molar-refractivity contribution in [3.05, 3.63) is 105 Å². The molecule has 0 saturated carbocycles. The number of para-hydroxylation sites is 1. The number of hydrogen-bond acceptors (Lipinski definition) is 13. The van der Waals surface area contributed by atoms with Gasteiger partial charge in [0.05, 0.1) is 49.3 Å². The molecule has 3 N–H and O–H groups in total. The number of methoxy groups -OCH3 is 1. The summed E-state index contributed by atoms with van der Waals surface area (Å²) >= 11 is 23.3. The fourth-order valence-corrected chi connectivity index (χ4v) is 7.00. The monoisotopic (exact) mass is 906 g/mol. The Kier molecular flexibility index (Phi) is 16.6. The Labute approximate surface area is 350 Å². The molecule has 0 fully saturated rings. The molecule has 0 saturated heterocycles. The Morgan fingerprint density at radius 3 is 2.05 bits per heavy atom. The van der Waals surface area contributed by atoms with Crippen LogP contribution in [-0.2, 0) is 10.0 Å². The van der Waals surface area contributed by atoms with E-state index in [0.29, 0.717) is 11.1 Å². The second-order valence-electron chi connectivity index (χ2n) is 11.6. The molecule has 18 nitrogen and oxygen atoms in total. The molecule has 5 aromatic rings. The van der Waals surface area contributed by atoms with Crippen LogP contribution in [0, 0.1) is 40.0 Å². The van der Waals surface area contributed by atoms with Crippen LogP contribution in [0.5, 0.6) is 11.8 Å². The Hall–Kier alpha value is -5.28. The lowest BCUT2D eigenvalue weighted by Crippen LogP contribution is -2.19. The first-order valence-corrected chi connectivity index (χ1v) is 19.7. The molecule has 58 heavy (non-hydrogen) atoms. The van der Waals surface area contributed by atoms with Gasteiger partial charge in [-0.3, -0.25) is 25.0 Å². The quantitative estimate of drug-likeness (QED) is 0.0567. The summed E-state index contributed by atoms with van der Waals surface area (Å²) in [7, 11) is -2.90. The zero-order valence-corrected chi connectivity index (χ0v) is 35.2. The molecule has 0 atom stereocenters. The second kappa shape index (κ2) is 20.4. The third kappa shape index (κ3) is 11.2. The number of aromatic nitrogens is 4. The summed E-state index contributed by atoms with van der Waals surface area (Å²) in [6.07, 6.45) is 1.47. The predicted octanol–water partition coefficient (Wildman–Crippen LogP) is 9.19. The summed E-state index contributed by atoms with van der Waals surface area (Å²) in [5.41, 5.74) is 0.344. The first kappa shape index (κ1) is 47.1. The lowest BCUT2D eigenvalue weighted by atomic mass is 10.0. The van der Waals surface area contributed by atoms with Gasteiger partial charge in [0.1, 0.15) is 5.56 Å². The number of anilines is 2. The first-order chi connectivity index (χ1) is 27.2. The molecule has 24 heteroatoms. The van der Waals surface area contributed by atoms with E-state index >= 15 is 0 Å². The number of aryl methyl sites for hydroxylation is 1. The summed E-state index contributed by atoms with van der Waals surface area (Å²) in [6, 6.07) is 9.45. The van der Waals surface area contributed by atoms with E-state index in [2.05, 4.69) is 25.1 Å². The number of nitrogens with zero attached hydrogens (tertiary/aromatic N) is 6. The molecule has 2 heterocycles. The number of aromatic carboxylic acids is 1. The van der Waals surface area contributed by atoms with E-state index in [1.807, 2.05) is 13.8 Å². The molecular formula is C34H35Cl4FN8O10S. The standard InChI is InChI=1S/C13H10Cl2FN5O3S.C13H19N3O4.C8H6Cl2O3/c1-2-24-13-17-9(16)6-10-18-12(19-21(10)13)25(22,23)20-11-7(14)4-3-5-8(11)15;1-5-10(6-2)14-12-11(15(17)18)7-8(3)9(4)13(12)16(19)20;1-13-7-5(10)3-2-4(9)6(7)8(11)12/h3-6,20H,2H2,1H3;7,10,14H,5-6H2,1-4H3;2-3H,1H3,(H,11,12). The minimum absolute atomic E-state index is 0.0109. The lowest BCUT2D eigenvalue weighted by molar-refractivity contribution is -0.392. The molecular weight excluding hydrogens is 873 g/mol. The zero-order valence-electron chi connectivity index (χ0n) is 31.3. The van der Waals surface area contributed by atoms with Crippen molar-refractivity contribution in [2.24, 2.45) is 0 Å². The number of hydrogen-bond donors (Lipinski definition) is 3. The fourth-order valence-electron chi connectivity index (χ4n) is 4.95. The summed E-state index contributed by atoms with van der Waals surface area (Å²) in [5, 5.41) is 37.9. The average molecular weight is 909 g/mol. The van der Waals surface area contributed by atoms with Crippen molar-refractivity contribution >= 4 is 90.8 Å². The van der Waals surface area contributed by atoms with Crippen molar-refractivity contribution in [3.8, 4) is 11.8 Å². The first-order valence-electron chi connectivity index (χ1n) is 16.7. The number of rotatable bonds is 13. The van der Waals surface area contributed by atoms with Gasteiger partial charge in [0.2, 0.25) is 5.95 Å². The van der Waals surface area contributed by atoms with Crippen molar-refractivity contribution in [3.63, 3.8) is 0 Å². The van der Waals surface area contributed by atoms with Crippen molar-refractivity contribution in [1.29, 1.82) is 0 Å². The van der Waals surface area contributed by atoms with Crippen LogP contribution in [0.2, 0.25) is 20.1 Å². The molecule has 2 aromatic heterocycles. The van der Waals surface area contributed by atoms with E-state index in [4.69, 9.17) is 61.0 Å². The van der Waals surface area contributed by atoms with Crippen LogP contribution in [0.1, 0.15) is 55.1 Å². The lowest BCUT2D eigenvalue weighted by Gasteiger charge is -2.17. The van der Waals surface area contributed by atoms with Gasteiger partial charge in [-0.15, -0.1) is 5.10 Å². The number of benzene rings is 3. The highest BCUT2D eigenvalue weighted by Gasteiger charge is 2.30. The number of fused-ring (bicyclic) bond motifs is 1. The average Bonchev–Trinajstić information content (AvgIpc) is 3.60. The maximum atomic E-state index is 13.5. The van der Waals surface area contributed by atoms with E-state index in [1.165, 1.54) is 37.4 Å². The SMILES string of the molecule is CCC(CC)Nc1c([N+](=O)[O-])cc(C)c(C)c1[N+](=O)[O-].CCOc1nc(F)cc2nc(S(=O)(=O)Nc3c(Cl)cccc3Cl)nn12.COc1c(Cl)ccc(Cl)c1C(=O)O. The molecule has 0 amide bonds. The smallest absolute Gasteiger partial charge is 0.341 e. The van der Waals surface area contributed by atoms with Gasteiger partial charge in [0.25, 0.3) is 20.9 Å². The molecule has 0 aliphatic heterocycles. The number of carboxylic acids is 1. The minimum atomic E-state index is -4.23. The van der Waals surface area contributed by atoms with Crippen molar-refractivity contribution in [2.45, 2.75) is 58.7 Å². The molecule has 312 valence electrons. The summed E-state index contributed by atoms with van der Waals surface area (Å²) in [4.78, 5) is 39.3. The Morgan fingerprint density at radius 1 is 0.948 bits per heavy atom. The Balaban J connectivity index is 0.000000245. The van der Waals surface area contributed by atoms with Crippen LogP contribution >= 0.6 is 46.4 Å². The van der Waals surface area contributed by atoms with Crippen molar-refractivity contribution in [2.75, 3.05) is 23.8 Å². The largest absolute Gasteiger partial charge is 0.494 e. The third-order valence-electron chi connectivity index (χ3n) is 7.94. The molecule has 0 bridgehead atoms. The molecule has 0 unspecified atom stereocenters. The van der Waals surface area contributed by atoms with Gasteiger partial charge in [0, 0.05) is 23.7 Å². The molecule has 0 aliphatic carbocycles. The molecule has 0 radical (unpaired) electrons. The number of carbonyl (C=O) groups is 1. The van der Waals surface area contributed by atoms with Crippen LogP contribution in [-0.4, -0.2) is 68.7 Å². The van der Waals surface area contributed by atoms with Gasteiger partial charge in [0.15, 0.2) is 17.1 Å². The number of sulfonamides is 1. The van der Waals surface area contributed by atoms with Gasteiger partial charge < -0.3 is 19.9 Å². The summed E-state index contributed by atoms with van der Waals surface area (Å²) in [5.74, 6) is -1.96. The Bertz CT molecular complexity index is 2430. The van der Waals surface area contributed by atoms with E-state index < -0.39 is 36.9 Å². The van der Waals surface area contributed by atoms with Crippen LogP contribution in [0.25, 0.3) is 5.65 Å². The number of nitro groups is 2. The van der Waals surface area contributed by atoms with Gasteiger partial charge in [-0.1, -0.05) is 66.3 Å². The Morgan fingerprint density at radius 2 is 1.55 bits per heavy atom. The summed E-state index contributed by atoms with van der Waals surface area (Å²) < 4.78 is 51.7. The molecule has 0 aliphatic rings. The van der Waals surface area contributed by atoms with Gasteiger partial charge in [-0.05, 0) is 63.4 Å². The number of nitro benzene ring substituents is 2. The number of nitrogens with one attached hydrogen (secondary N) is 2. The normalized spacial score (nSPS) is 10.9. The number of carboxylic acid groups (broad SMARTS) is 1. The van der Waals surface area contributed by atoms with Crippen LogP contribution in [0.4, 0.5) is 27.1 Å². The van der Waals surface area contributed by atoms with Crippen molar-refractivity contribution < 1.29 is 42.0 Å². The highest BCUT2D eigenvalue weighted by molar-refractivity contribution is 7.92. The van der Waals surface area contributed by atoms with E-state index in [0.717, 1.165) is 23.4 Å². The highest BCUT2D eigenvalue weighted by atomic mass is 35.5. The number of halogens is 5. The maximum absolute atomic E-state index is 13.5.